The van der Waals surface area contributed by atoms with Gasteiger partial charge in [0.05, 0.1) is 16.0 Å². The molecule has 3 aromatic carbocycles. The molecule has 3 aromatic rings. The zero-order chi connectivity index (χ0) is 38.5. The average Bonchev–Trinajstić information content (AvgIpc) is 3.09. The molecular weight excluding hydrogens is 754 g/mol. The van der Waals surface area contributed by atoms with E-state index in [1.165, 1.54) is 24.3 Å². The first-order chi connectivity index (χ1) is 24.4. The Morgan fingerprint density at radius 2 is 1.02 bits per heavy atom. The lowest BCUT2D eigenvalue weighted by atomic mass is 10.0. The fourth-order valence-corrected chi connectivity index (χ4v) is 5.87. The van der Waals surface area contributed by atoms with Crippen molar-refractivity contribution >= 4 is 33.6 Å². The Morgan fingerprint density at radius 1 is 0.585 bits per heavy atom. The van der Waals surface area contributed by atoms with Gasteiger partial charge in [-0.1, -0.05) is 24.6 Å². The van der Waals surface area contributed by atoms with Gasteiger partial charge in [-0.2, -0.15) is 26.3 Å². The lowest BCUT2D eigenvalue weighted by molar-refractivity contribution is -0.143. The second-order valence-electron chi connectivity index (χ2n) is 11.6. The number of hydrogen-bond donors (Lipinski definition) is 6. The van der Waals surface area contributed by atoms with E-state index in [-0.39, 0.29) is 60.2 Å². The minimum absolute atomic E-state index is 0. The molecule has 0 saturated carbocycles. The number of benzene rings is 3. The second-order valence-corrected chi connectivity index (χ2v) is 13.4. The third kappa shape index (κ3) is 14.3. The first kappa shape index (κ1) is 44.5. The van der Waals surface area contributed by atoms with Crippen LogP contribution in [0.25, 0.3) is 0 Å². The van der Waals surface area contributed by atoms with E-state index in [4.69, 9.17) is 11.1 Å². The summed E-state index contributed by atoms with van der Waals surface area (Å²) in [5.41, 5.74) is 2.49. The largest absolute Gasteiger partial charge is 1.00 e. The van der Waals surface area contributed by atoms with E-state index in [0.717, 1.165) is 0 Å². The summed E-state index contributed by atoms with van der Waals surface area (Å²) in [5, 5.41) is 15.2. The monoisotopic (exact) mass is 791 g/mol. The van der Waals surface area contributed by atoms with Crippen LogP contribution in [-0.2, 0) is 22.4 Å². The highest BCUT2D eigenvalue weighted by Gasteiger charge is 2.37. The predicted octanol–water partition coefficient (Wildman–Crippen LogP) is 2.22. The number of halogens is 7. The summed E-state index contributed by atoms with van der Waals surface area (Å²) in [5.74, 6) is -1.94. The van der Waals surface area contributed by atoms with Crippen LogP contribution in [0.3, 0.4) is 0 Å². The molecule has 3 rings (SSSR count). The average molecular weight is 792 g/mol. The molecule has 53 heavy (non-hydrogen) atoms. The fraction of sp³-hybridized carbons (Fsp3) is 0.353. The minimum atomic E-state index is -5.09. The maximum atomic E-state index is 13.1. The van der Waals surface area contributed by atoms with Crippen LogP contribution in [0.5, 0.6) is 0 Å². The van der Waals surface area contributed by atoms with Gasteiger partial charge in [0.25, 0.3) is 17.7 Å². The van der Waals surface area contributed by atoms with Crippen LogP contribution in [0.4, 0.5) is 26.3 Å². The molecule has 0 aromatic heterocycles. The van der Waals surface area contributed by atoms with E-state index in [9.17, 15) is 49.1 Å². The highest BCUT2D eigenvalue weighted by Crippen LogP contribution is 2.36. The maximum absolute atomic E-state index is 13.1. The summed E-state index contributed by atoms with van der Waals surface area (Å²) in [6, 6.07) is 12.4. The number of carbonyl (C=O) groups excluding carboxylic acids is 3. The summed E-state index contributed by atoms with van der Waals surface area (Å²) >= 11 is 0. The topological polar surface area (TPSA) is 183 Å². The summed E-state index contributed by atoms with van der Waals surface area (Å²) in [6.45, 7) is 0.657. The Balaban J connectivity index is 0.00000972. The van der Waals surface area contributed by atoms with E-state index < -0.39 is 50.9 Å². The number of unbranched alkanes of at least 4 members (excludes halogenated alkanes) is 4. The number of alkyl halides is 6. The fourth-order valence-electron chi connectivity index (χ4n) is 4.75. The van der Waals surface area contributed by atoms with E-state index in [0.29, 0.717) is 68.5 Å². The van der Waals surface area contributed by atoms with Crippen LogP contribution in [0.2, 0.25) is 0 Å². The molecule has 0 unspecified atom stereocenters. The lowest BCUT2D eigenvalue weighted by Gasteiger charge is -2.14. The molecule has 3 amide bonds. The maximum Gasteiger partial charge on any atom is 0.416 e. The first-order valence-electron chi connectivity index (χ1n) is 16.1. The van der Waals surface area contributed by atoms with Gasteiger partial charge in [0.1, 0.15) is 5.84 Å². The van der Waals surface area contributed by atoms with Crippen molar-refractivity contribution in [1.29, 1.82) is 5.41 Å². The molecule has 11 nitrogen and oxygen atoms in total. The number of sulfonamides is 1. The van der Waals surface area contributed by atoms with Crippen molar-refractivity contribution in [3.8, 4) is 0 Å². The number of rotatable bonds is 18. The standard InChI is InChI=1S/C34H38F6N6O5S.ClH/c35-33(36,37)26-18-25(19-27(21-26)34(38,39)40)32(49)45-16-5-2-6-17-46-52(50,51)28-9-7-8-24(20-28)31(48)44-15-4-1-3-14-43-30(47)23-12-10-22(11-13-23)29(41)42;/h7-13,18-21,46H,1-6,14-17H2,(H3,41,42)(H,43,47)(H,44,48)(H,45,49);1H/p-1. The zero-order valence-electron chi connectivity index (χ0n) is 28.1. The molecule has 7 N–H and O–H groups in total. The summed E-state index contributed by atoms with van der Waals surface area (Å²) in [7, 11) is -3.99. The smallest absolute Gasteiger partial charge is 0.416 e. The quantitative estimate of drug-likeness (QED) is 0.0497. The van der Waals surface area contributed by atoms with Crippen molar-refractivity contribution in [3.05, 3.63) is 100 Å². The Kier molecular flexibility index (Phi) is 16.8. The Labute approximate surface area is 308 Å². The lowest BCUT2D eigenvalue weighted by Crippen LogP contribution is -3.00. The molecule has 0 heterocycles. The molecule has 0 bridgehead atoms. The molecule has 290 valence electrons. The van der Waals surface area contributed by atoms with Gasteiger partial charge in [-0.15, -0.1) is 0 Å². The molecule has 19 heteroatoms. The first-order valence-corrected chi connectivity index (χ1v) is 17.5. The van der Waals surface area contributed by atoms with Crippen LogP contribution in [0, 0.1) is 5.41 Å². The van der Waals surface area contributed by atoms with Crippen molar-refractivity contribution in [2.75, 3.05) is 26.2 Å². The van der Waals surface area contributed by atoms with Crippen LogP contribution in [0.1, 0.15) is 86.3 Å². The van der Waals surface area contributed by atoms with Gasteiger partial charge < -0.3 is 34.1 Å². The van der Waals surface area contributed by atoms with Gasteiger partial charge in [0.2, 0.25) is 10.0 Å². The number of carbonyl (C=O) groups is 3. The minimum Gasteiger partial charge on any atom is -1.00 e. The Morgan fingerprint density at radius 3 is 1.49 bits per heavy atom. The molecule has 0 saturated heterocycles. The van der Waals surface area contributed by atoms with E-state index >= 15 is 0 Å². The molecule has 0 atom stereocenters. The molecule has 0 aliphatic carbocycles. The highest BCUT2D eigenvalue weighted by atomic mass is 35.5. The number of nitrogens with one attached hydrogen (secondary N) is 5. The Bertz CT molecular complexity index is 1810. The third-order valence-electron chi connectivity index (χ3n) is 7.57. The summed E-state index contributed by atoms with van der Waals surface area (Å²) in [4.78, 5) is 37.0. The van der Waals surface area contributed by atoms with Gasteiger partial charge in [0.15, 0.2) is 0 Å². The van der Waals surface area contributed by atoms with Crippen LogP contribution >= 0.6 is 0 Å². The van der Waals surface area contributed by atoms with Crippen LogP contribution in [0.15, 0.2) is 71.6 Å². The van der Waals surface area contributed by atoms with Gasteiger partial charge in [0, 0.05) is 48.4 Å². The van der Waals surface area contributed by atoms with Crippen molar-refractivity contribution in [3.63, 3.8) is 0 Å². The second kappa shape index (κ2) is 20.0. The van der Waals surface area contributed by atoms with Crippen molar-refractivity contribution < 1.29 is 61.6 Å². The Hall–Kier alpha value is -4.68. The van der Waals surface area contributed by atoms with Crippen LogP contribution < -0.4 is 38.8 Å². The van der Waals surface area contributed by atoms with Crippen LogP contribution in [-0.4, -0.2) is 58.2 Å². The molecule has 0 aliphatic heterocycles. The van der Waals surface area contributed by atoms with E-state index in [1.807, 2.05) is 0 Å². The van der Waals surface area contributed by atoms with Gasteiger partial charge in [-0.05, 0) is 80.6 Å². The zero-order valence-corrected chi connectivity index (χ0v) is 29.7. The molecule has 0 fully saturated rings. The molecule has 0 spiro atoms. The van der Waals surface area contributed by atoms with E-state index in [2.05, 4.69) is 20.7 Å². The van der Waals surface area contributed by atoms with Crippen molar-refractivity contribution in [2.45, 2.75) is 55.8 Å². The number of amidine groups is 1. The number of nitrogen functional groups attached to an aromatic ring is 1. The SMILES string of the molecule is N=C(N)c1ccc(C(=O)NCCCCCNC(=O)c2cccc(S(=O)(=O)NCCCCCNC(=O)c3cc(C(F)(F)F)cc(C(F)(F)F)c3)c2)cc1.[Cl-]. The third-order valence-corrected chi connectivity index (χ3v) is 9.03. The molecular formula is C34H38ClF6N6O5S-. The van der Waals surface area contributed by atoms with E-state index in [1.54, 1.807) is 24.3 Å². The van der Waals surface area contributed by atoms with Gasteiger partial charge in [-0.3, -0.25) is 19.8 Å². The van der Waals surface area contributed by atoms with Gasteiger partial charge >= 0.3 is 12.4 Å². The highest BCUT2D eigenvalue weighted by molar-refractivity contribution is 7.89. The number of hydrogen-bond acceptors (Lipinski definition) is 6. The predicted molar refractivity (Wildman–Crippen MR) is 180 cm³/mol. The summed E-state index contributed by atoms with van der Waals surface area (Å²) < 4.78 is 106. The molecule has 0 radical (unpaired) electrons. The van der Waals surface area contributed by atoms with Gasteiger partial charge in [-0.25, -0.2) is 13.1 Å². The normalized spacial score (nSPS) is 11.7. The molecule has 0 aliphatic rings. The summed E-state index contributed by atoms with van der Waals surface area (Å²) in [6.07, 6.45) is -7.27. The van der Waals surface area contributed by atoms with Crippen molar-refractivity contribution in [2.24, 2.45) is 5.73 Å². The number of amides is 3. The number of nitrogens with two attached hydrogens (primary N) is 1. The van der Waals surface area contributed by atoms with Crippen molar-refractivity contribution in [1.82, 2.24) is 20.7 Å².